The Morgan fingerprint density at radius 2 is 1.95 bits per heavy atom. The number of hydrogen-bond acceptors (Lipinski definition) is 3. The standard InChI is InChI=1S/C16H23N3/c1-2-12-3-6-15(16(12)17-9-1)18-13-7-10-19(11-8-13)14-4-5-14/h1-2,9,13-15,18H,3-8,10-11H2. The van der Waals surface area contributed by atoms with Crippen LogP contribution in [-0.2, 0) is 6.42 Å². The molecule has 1 saturated heterocycles. The average Bonchev–Trinajstić information content (AvgIpc) is 3.23. The minimum absolute atomic E-state index is 0.508. The van der Waals surface area contributed by atoms with E-state index in [-0.39, 0.29) is 0 Å². The maximum Gasteiger partial charge on any atom is 0.0605 e. The van der Waals surface area contributed by atoms with Crippen molar-refractivity contribution in [3.63, 3.8) is 0 Å². The molecular weight excluding hydrogens is 234 g/mol. The first-order valence-corrected chi connectivity index (χ1v) is 7.84. The van der Waals surface area contributed by atoms with Gasteiger partial charge in [-0.05, 0) is 63.2 Å². The molecule has 1 aliphatic heterocycles. The molecule has 1 aromatic heterocycles. The zero-order valence-corrected chi connectivity index (χ0v) is 11.5. The van der Waals surface area contributed by atoms with E-state index in [0.717, 1.165) is 6.04 Å². The van der Waals surface area contributed by atoms with Gasteiger partial charge in [0.1, 0.15) is 0 Å². The van der Waals surface area contributed by atoms with Crippen molar-refractivity contribution in [1.82, 2.24) is 15.2 Å². The minimum Gasteiger partial charge on any atom is -0.306 e. The summed E-state index contributed by atoms with van der Waals surface area (Å²) in [4.78, 5) is 7.28. The lowest BCUT2D eigenvalue weighted by molar-refractivity contribution is 0.182. The highest BCUT2D eigenvalue weighted by atomic mass is 15.2. The number of likely N-dealkylation sites (tertiary alicyclic amines) is 1. The summed E-state index contributed by atoms with van der Waals surface area (Å²) in [5, 5.41) is 3.86. The Kier molecular flexibility index (Phi) is 3.04. The average molecular weight is 257 g/mol. The molecule has 0 amide bonds. The van der Waals surface area contributed by atoms with Gasteiger partial charge in [-0.3, -0.25) is 4.98 Å². The maximum atomic E-state index is 4.59. The Hall–Kier alpha value is -0.930. The van der Waals surface area contributed by atoms with E-state index in [9.17, 15) is 0 Å². The van der Waals surface area contributed by atoms with Crippen LogP contribution in [0.3, 0.4) is 0 Å². The molecule has 102 valence electrons. The first-order valence-electron chi connectivity index (χ1n) is 7.84. The lowest BCUT2D eigenvalue weighted by Gasteiger charge is -2.34. The molecule has 1 aromatic rings. The number of nitrogens with one attached hydrogen (secondary N) is 1. The maximum absolute atomic E-state index is 4.59. The van der Waals surface area contributed by atoms with E-state index < -0.39 is 0 Å². The van der Waals surface area contributed by atoms with Crippen LogP contribution in [0.1, 0.15) is 49.4 Å². The van der Waals surface area contributed by atoms with E-state index in [1.54, 1.807) is 0 Å². The van der Waals surface area contributed by atoms with Crippen molar-refractivity contribution in [1.29, 1.82) is 0 Å². The Morgan fingerprint density at radius 3 is 2.74 bits per heavy atom. The van der Waals surface area contributed by atoms with Gasteiger partial charge >= 0.3 is 0 Å². The second-order valence-electron chi connectivity index (χ2n) is 6.35. The van der Waals surface area contributed by atoms with Crippen LogP contribution in [0.25, 0.3) is 0 Å². The van der Waals surface area contributed by atoms with Crippen LogP contribution < -0.4 is 5.32 Å². The molecule has 2 fully saturated rings. The third-order valence-electron chi connectivity index (χ3n) is 4.99. The van der Waals surface area contributed by atoms with Crippen LogP contribution in [0.2, 0.25) is 0 Å². The minimum atomic E-state index is 0.508. The van der Waals surface area contributed by atoms with Crippen molar-refractivity contribution in [2.75, 3.05) is 13.1 Å². The third-order valence-corrected chi connectivity index (χ3v) is 4.99. The zero-order valence-electron chi connectivity index (χ0n) is 11.5. The van der Waals surface area contributed by atoms with Crippen molar-refractivity contribution in [3.8, 4) is 0 Å². The normalized spacial score (nSPS) is 28.5. The summed E-state index contributed by atoms with van der Waals surface area (Å²) in [6.45, 7) is 2.59. The van der Waals surface area contributed by atoms with Crippen molar-refractivity contribution in [3.05, 3.63) is 29.6 Å². The first kappa shape index (κ1) is 11.9. The number of piperidine rings is 1. The number of aryl methyl sites for hydroxylation is 1. The lowest BCUT2D eigenvalue weighted by Crippen LogP contribution is -2.44. The van der Waals surface area contributed by atoms with Crippen molar-refractivity contribution in [2.24, 2.45) is 0 Å². The molecule has 19 heavy (non-hydrogen) atoms. The zero-order chi connectivity index (χ0) is 12.7. The van der Waals surface area contributed by atoms with Crippen LogP contribution in [-0.4, -0.2) is 35.1 Å². The Labute approximate surface area is 115 Å². The Morgan fingerprint density at radius 1 is 1.11 bits per heavy atom. The van der Waals surface area contributed by atoms with E-state index in [1.165, 1.54) is 62.9 Å². The second-order valence-corrected chi connectivity index (χ2v) is 6.35. The summed E-state index contributed by atoms with van der Waals surface area (Å²) in [6.07, 6.45) is 9.88. The molecule has 1 atom stereocenters. The monoisotopic (exact) mass is 257 g/mol. The van der Waals surface area contributed by atoms with Gasteiger partial charge in [0.05, 0.1) is 11.7 Å². The Balaban J connectivity index is 1.35. The molecule has 3 nitrogen and oxygen atoms in total. The lowest BCUT2D eigenvalue weighted by atomic mass is 10.0. The van der Waals surface area contributed by atoms with Gasteiger partial charge in [0, 0.05) is 18.3 Å². The van der Waals surface area contributed by atoms with Crippen molar-refractivity contribution >= 4 is 0 Å². The molecule has 2 heterocycles. The summed E-state index contributed by atoms with van der Waals surface area (Å²) < 4.78 is 0. The molecule has 2 aliphatic carbocycles. The molecular formula is C16H23N3. The molecule has 1 N–H and O–H groups in total. The largest absolute Gasteiger partial charge is 0.306 e. The predicted octanol–water partition coefficient (Wildman–Crippen LogP) is 2.29. The van der Waals surface area contributed by atoms with Gasteiger partial charge in [0.15, 0.2) is 0 Å². The summed E-state index contributed by atoms with van der Waals surface area (Å²) in [5.74, 6) is 0. The van der Waals surface area contributed by atoms with E-state index in [4.69, 9.17) is 0 Å². The van der Waals surface area contributed by atoms with Gasteiger partial charge in [0.2, 0.25) is 0 Å². The quantitative estimate of drug-likeness (QED) is 0.900. The fourth-order valence-corrected chi connectivity index (χ4v) is 3.73. The molecule has 0 spiro atoms. The molecule has 0 radical (unpaired) electrons. The highest BCUT2D eigenvalue weighted by Gasteiger charge is 2.33. The summed E-state index contributed by atoms with van der Waals surface area (Å²) in [6, 6.07) is 6.45. The number of pyridine rings is 1. The molecule has 4 rings (SSSR count). The molecule has 0 bridgehead atoms. The van der Waals surface area contributed by atoms with E-state index in [0.29, 0.717) is 12.1 Å². The van der Waals surface area contributed by atoms with Crippen molar-refractivity contribution < 1.29 is 0 Å². The highest BCUT2D eigenvalue weighted by molar-refractivity contribution is 5.28. The van der Waals surface area contributed by atoms with Crippen molar-refractivity contribution in [2.45, 2.75) is 56.7 Å². The van der Waals surface area contributed by atoms with Gasteiger partial charge in [-0.25, -0.2) is 0 Å². The topological polar surface area (TPSA) is 28.2 Å². The number of fused-ring (bicyclic) bond motifs is 1. The van der Waals surface area contributed by atoms with Crippen LogP contribution in [0.5, 0.6) is 0 Å². The molecule has 3 aliphatic rings. The molecule has 3 heteroatoms. The number of nitrogens with zero attached hydrogens (tertiary/aromatic N) is 2. The van der Waals surface area contributed by atoms with Gasteiger partial charge < -0.3 is 10.2 Å². The van der Waals surface area contributed by atoms with E-state index in [2.05, 4.69) is 27.3 Å². The summed E-state index contributed by atoms with van der Waals surface area (Å²) in [7, 11) is 0. The number of hydrogen-bond donors (Lipinski definition) is 1. The third kappa shape index (κ3) is 2.41. The second kappa shape index (κ2) is 4.88. The Bertz CT molecular complexity index is 447. The summed E-state index contributed by atoms with van der Waals surface area (Å²) in [5.41, 5.74) is 2.77. The van der Waals surface area contributed by atoms with Gasteiger partial charge in [0.25, 0.3) is 0 Å². The van der Waals surface area contributed by atoms with Crippen LogP contribution in [0, 0.1) is 0 Å². The first-order chi connectivity index (χ1) is 9.40. The SMILES string of the molecule is c1cnc2c(c1)CCC2NC1CCN(C2CC2)CC1. The molecule has 1 unspecified atom stereocenters. The fourth-order valence-electron chi connectivity index (χ4n) is 3.73. The highest BCUT2D eigenvalue weighted by Crippen LogP contribution is 2.32. The fraction of sp³-hybridized carbons (Fsp3) is 0.688. The van der Waals surface area contributed by atoms with Gasteiger partial charge in [-0.2, -0.15) is 0 Å². The number of rotatable bonds is 3. The molecule has 0 aromatic carbocycles. The van der Waals surface area contributed by atoms with Gasteiger partial charge in [-0.1, -0.05) is 6.07 Å². The van der Waals surface area contributed by atoms with Crippen LogP contribution in [0.4, 0.5) is 0 Å². The van der Waals surface area contributed by atoms with Crippen LogP contribution in [0.15, 0.2) is 18.3 Å². The predicted molar refractivity (Wildman–Crippen MR) is 76.1 cm³/mol. The van der Waals surface area contributed by atoms with Gasteiger partial charge in [-0.15, -0.1) is 0 Å². The molecule has 1 saturated carbocycles. The van der Waals surface area contributed by atoms with E-state index >= 15 is 0 Å². The van der Waals surface area contributed by atoms with Crippen LogP contribution >= 0.6 is 0 Å². The number of aromatic nitrogens is 1. The summed E-state index contributed by atoms with van der Waals surface area (Å²) >= 11 is 0. The smallest absolute Gasteiger partial charge is 0.0605 e. The van der Waals surface area contributed by atoms with E-state index in [1.807, 2.05) is 6.20 Å².